The van der Waals surface area contributed by atoms with Crippen molar-refractivity contribution in [2.45, 2.75) is 18.2 Å². The molecule has 2 atom stereocenters. The summed E-state index contributed by atoms with van der Waals surface area (Å²) in [7, 11) is 0. The Morgan fingerprint density at radius 3 is 3.08 bits per heavy atom. The van der Waals surface area contributed by atoms with Gasteiger partial charge in [-0.25, -0.2) is 0 Å². The lowest BCUT2D eigenvalue weighted by molar-refractivity contribution is -0.121. The van der Waals surface area contributed by atoms with Crippen molar-refractivity contribution >= 4 is 29.0 Å². The van der Waals surface area contributed by atoms with E-state index in [1.807, 2.05) is 24.4 Å². The van der Waals surface area contributed by atoms with E-state index in [-0.39, 0.29) is 11.2 Å². The number of nitrogens with one attached hydrogen (secondary N) is 1. The lowest BCUT2D eigenvalue weighted by Crippen LogP contribution is -2.41. The Balaban J connectivity index is 2.13. The molecule has 1 N–H and O–H groups in total. The molecule has 1 amide bonds. The normalized spacial score (nSPS) is 28.5. The lowest BCUT2D eigenvalue weighted by atomic mass is 10.3. The molecule has 1 unspecified atom stereocenters. The Morgan fingerprint density at radius 2 is 2.46 bits per heavy atom. The third-order valence-corrected chi connectivity index (χ3v) is 4.52. The van der Waals surface area contributed by atoms with Crippen LogP contribution in [0.15, 0.2) is 17.5 Å². The Hall–Kier alpha value is -0.480. The van der Waals surface area contributed by atoms with Gasteiger partial charge in [0.2, 0.25) is 5.91 Å². The van der Waals surface area contributed by atoms with Crippen molar-refractivity contribution in [3.8, 4) is 0 Å². The maximum atomic E-state index is 11.6. The molecular weight excluding hydrogens is 202 g/mol. The van der Waals surface area contributed by atoms with Crippen molar-refractivity contribution in [3.05, 3.63) is 22.4 Å². The molecule has 1 aromatic heterocycles. The van der Waals surface area contributed by atoms with Gasteiger partial charge in [0, 0.05) is 16.7 Å². The van der Waals surface area contributed by atoms with Crippen LogP contribution >= 0.6 is 23.1 Å². The second-order valence-electron chi connectivity index (χ2n) is 3.14. The van der Waals surface area contributed by atoms with Gasteiger partial charge in [-0.05, 0) is 18.4 Å². The molecule has 1 aromatic rings. The summed E-state index contributed by atoms with van der Waals surface area (Å²) in [6, 6.07) is 4.33. The second-order valence-corrected chi connectivity index (χ2v) is 5.26. The number of carbonyl (C=O) groups excluding carboxylic acids is 1. The third-order valence-electron chi connectivity index (χ3n) is 1.94. The van der Waals surface area contributed by atoms with Crippen molar-refractivity contribution in [1.82, 2.24) is 5.32 Å². The lowest BCUT2D eigenvalue weighted by Gasteiger charge is -2.25. The first kappa shape index (κ1) is 9.09. The molecule has 1 fully saturated rings. The monoisotopic (exact) mass is 213 g/mol. The van der Waals surface area contributed by atoms with Crippen LogP contribution in [0.5, 0.6) is 0 Å². The van der Waals surface area contributed by atoms with E-state index in [0.717, 1.165) is 10.6 Å². The van der Waals surface area contributed by atoms with Crippen LogP contribution in [0.4, 0.5) is 0 Å². The molecule has 2 heterocycles. The predicted octanol–water partition coefficient (Wildman–Crippen LogP) is 2.04. The number of amides is 1. The van der Waals surface area contributed by atoms with Gasteiger partial charge < -0.3 is 5.32 Å². The fourth-order valence-corrected chi connectivity index (χ4v) is 3.43. The molecule has 4 heteroatoms. The minimum Gasteiger partial charge on any atom is -0.352 e. The Bertz CT molecular complexity index is 297. The Morgan fingerprint density at radius 1 is 1.62 bits per heavy atom. The van der Waals surface area contributed by atoms with Gasteiger partial charge in [0.1, 0.15) is 5.25 Å². The SMILES string of the molecule is C[C@H]1CSC(c2cccs2)C(=O)N1. The van der Waals surface area contributed by atoms with Crippen LogP contribution in [0, 0.1) is 0 Å². The van der Waals surface area contributed by atoms with Gasteiger partial charge in [0.15, 0.2) is 0 Å². The number of thioether (sulfide) groups is 1. The highest BCUT2D eigenvalue weighted by Gasteiger charge is 2.28. The Kier molecular flexibility index (Phi) is 2.60. The average molecular weight is 213 g/mol. The number of thiophene rings is 1. The maximum absolute atomic E-state index is 11.6. The molecule has 70 valence electrons. The van der Waals surface area contributed by atoms with E-state index in [2.05, 4.69) is 5.32 Å². The fourth-order valence-electron chi connectivity index (χ4n) is 1.33. The van der Waals surface area contributed by atoms with Crippen molar-refractivity contribution in [1.29, 1.82) is 0 Å². The van der Waals surface area contributed by atoms with E-state index in [0.29, 0.717) is 6.04 Å². The molecule has 2 rings (SSSR count). The molecule has 2 nitrogen and oxygen atoms in total. The summed E-state index contributed by atoms with van der Waals surface area (Å²) in [6.45, 7) is 2.04. The zero-order chi connectivity index (χ0) is 9.26. The molecule has 0 aromatic carbocycles. The highest BCUT2D eigenvalue weighted by Crippen LogP contribution is 2.34. The van der Waals surface area contributed by atoms with E-state index < -0.39 is 0 Å². The van der Waals surface area contributed by atoms with Crippen LogP contribution in [0.2, 0.25) is 0 Å². The van der Waals surface area contributed by atoms with Gasteiger partial charge in [0.05, 0.1) is 0 Å². The van der Waals surface area contributed by atoms with Gasteiger partial charge in [-0.2, -0.15) is 0 Å². The first-order valence-electron chi connectivity index (χ1n) is 4.23. The van der Waals surface area contributed by atoms with Gasteiger partial charge in [-0.3, -0.25) is 4.79 Å². The van der Waals surface area contributed by atoms with E-state index in [1.54, 1.807) is 23.1 Å². The molecule has 0 spiro atoms. The third kappa shape index (κ3) is 1.89. The van der Waals surface area contributed by atoms with Gasteiger partial charge in [0.25, 0.3) is 0 Å². The first-order chi connectivity index (χ1) is 6.27. The second kappa shape index (κ2) is 3.72. The molecule has 0 radical (unpaired) electrons. The number of rotatable bonds is 1. The van der Waals surface area contributed by atoms with E-state index >= 15 is 0 Å². The highest BCUT2D eigenvalue weighted by atomic mass is 32.2. The van der Waals surface area contributed by atoms with Crippen LogP contribution < -0.4 is 5.32 Å². The first-order valence-corrected chi connectivity index (χ1v) is 6.15. The predicted molar refractivity (Wildman–Crippen MR) is 57.1 cm³/mol. The summed E-state index contributed by atoms with van der Waals surface area (Å²) < 4.78 is 0. The maximum Gasteiger partial charge on any atom is 0.238 e. The van der Waals surface area contributed by atoms with Crippen molar-refractivity contribution < 1.29 is 4.79 Å². The molecular formula is C9H11NOS2. The van der Waals surface area contributed by atoms with Gasteiger partial charge >= 0.3 is 0 Å². The molecule has 1 aliphatic rings. The summed E-state index contributed by atoms with van der Waals surface area (Å²) in [5, 5.41) is 5.00. The zero-order valence-electron chi connectivity index (χ0n) is 7.32. The van der Waals surface area contributed by atoms with Crippen molar-refractivity contribution in [2.75, 3.05) is 5.75 Å². The van der Waals surface area contributed by atoms with E-state index in [9.17, 15) is 4.79 Å². The largest absolute Gasteiger partial charge is 0.352 e. The summed E-state index contributed by atoms with van der Waals surface area (Å²) in [5.41, 5.74) is 0. The number of hydrogen-bond acceptors (Lipinski definition) is 3. The number of hydrogen-bond donors (Lipinski definition) is 1. The quantitative estimate of drug-likeness (QED) is 0.773. The average Bonchev–Trinajstić information content (AvgIpc) is 2.56. The summed E-state index contributed by atoms with van der Waals surface area (Å²) in [5.74, 6) is 1.17. The van der Waals surface area contributed by atoms with Crippen LogP contribution in [-0.2, 0) is 4.79 Å². The minimum absolute atomic E-state index is 0.0243. The topological polar surface area (TPSA) is 29.1 Å². The van der Waals surface area contributed by atoms with Gasteiger partial charge in [-0.15, -0.1) is 23.1 Å². The van der Waals surface area contributed by atoms with Crippen molar-refractivity contribution in [3.63, 3.8) is 0 Å². The summed E-state index contributed by atoms with van der Waals surface area (Å²) in [6.07, 6.45) is 0. The fraction of sp³-hybridized carbons (Fsp3) is 0.444. The van der Waals surface area contributed by atoms with Crippen molar-refractivity contribution in [2.24, 2.45) is 0 Å². The van der Waals surface area contributed by atoms with Crippen LogP contribution in [-0.4, -0.2) is 17.7 Å². The molecule has 1 saturated heterocycles. The minimum atomic E-state index is 0.0243. The van der Waals surface area contributed by atoms with Crippen LogP contribution in [0.1, 0.15) is 17.1 Å². The molecule has 13 heavy (non-hydrogen) atoms. The zero-order valence-corrected chi connectivity index (χ0v) is 8.95. The smallest absolute Gasteiger partial charge is 0.238 e. The molecule has 0 aliphatic carbocycles. The number of carbonyl (C=O) groups is 1. The molecule has 1 aliphatic heterocycles. The van der Waals surface area contributed by atoms with E-state index in [4.69, 9.17) is 0 Å². The highest BCUT2D eigenvalue weighted by molar-refractivity contribution is 8.00. The molecule has 0 saturated carbocycles. The Labute approximate surface area is 85.7 Å². The molecule has 0 bridgehead atoms. The standard InChI is InChI=1S/C9H11NOS2/c1-6-5-13-8(9(11)10-6)7-3-2-4-12-7/h2-4,6,8H,5H2,1H3,(H,10,11)/t6-,8?/m0/s1. The summed E-state index contributed by atoms with van der Waals surface area (Å²) in [4.78, 5) is 12.7. The summed E-state index contributed by atoms with van der Waals surface area (Å²) >= 11 is 3.39. The van der Waals surface area contributed by atoms with Crippen LogP contribution in [0.25, 0.3) is 0 Å². The van der Waals surface area contributed by atoms with Crippen LogP contribution in [0.3, 0.4) is 0 Å². The van der Waals surface area contributed by atoms with Gasteiger partial charge in [-0.1, -0.05) is 6.07 Å². The van der Waals surface area contributed by atoms with E-state index in [1.165, 1.54) is 0 Å².